The summed E-state index contributed by atoms with van der Waals surface area (Å²) in [5, 5.41) is 0. The van der Waals surface area contributed by atoms with Gasteiger partial charge >= 0.3 is 5.97 Å². The molecule has 1 aromatic carbocycles. The van der Waals surface area contributed by atoms with Crippen LogP contribution in [-0.2, 0) is 9.53 Å². The van der Waals surface area contributed by atoms with Crippen LogP contribution in [0.2, 0.25) is 0 Å². The van der Waals surface area contributed by atoms with E-state index in [1.54, 1.807) is 0 Å². The van der Waals surface area contributed by atoms with Gasteiger partial charge in [-0.05, 0) is 26.3 Å². The molecule has 0 unspecified atom stereocenters. The zero-order valence-corrected chi connectivity index (χ0v) is 10.1. The molecule has 0 fully saturated rings. The highest BCUT2D eigenvalue weighted by Crippen LogP contribution is 2.09. The Kier molecular flexibility index (Phi) is 4.29. The molecule has 0 saturated carbocycles. The molecule has 1 rings (SSSR count). The average Bonchev–Trinajstić information content (AvgIpc) is 2.16. The predicted octanol–water partition coefficient (Wildman–Crippen LogP) is 3.43. The number of carbonyl (C=O) groups is 1. The van der Waals surface area contributed by atoms with Crippen molar-refractivity contribution in [2.75, 3.05) is 0 Å². The fourth-order valence-electron chi connectivity index (χ4n) is 1.24. The van der Waals surface area contributed by atoms with E-state index in [-0.39, 0.29) is 5.97 Å². The Hall–Kier alpha value is -1.57. The third-order valence-electron chi connectivity index (χ3n) is 1.81. The van der Waals surface area contributed by atoms with E-state index in [2.05, 4.69) is 0 Å². The first kappa shape index (κ1) is 12.5. The lowest BCUT2D eigenvalue weighted by Crippen LogP contribution is -2.23. The second-order valence-corrected chi connectivity index (χ2v) is 4.60. The zero-order chi connectivity index (χ0) is 12.0. The smallest absolute Gasteiger partial charge is 0.310 e. The highest BCUT2D eigenvalue weighted by atomic mass is 16.6. The summed E-state index contributed by atoms with van der Waals surface area (Å²) in [6.45, 7) is 5.60. The lowest BCUT2D eigenvalue weighted by atomic mass is 10.2. The number of esters is 1. The highest BCUT2D eigenvalue weighted by molar-refractivity contribution is 5.73. The molecule has 0 spiro atoms. The molecular weight excluding hydrogens is 200 g/mol. The monoisotopic (exact) mass is 218 g/mol. The number of hydrogen-bond donors (Lipinski definition) is 0. The quantitative estimate of drug-likeness (QED) is 0.726. The molecule has 0 aromatic heterocycles. The van der Waals surface area contributed by atoms with Gasteiger partial charge in [0.05, 0.1) is 6.42 Å². The summed E-state index contributed by atoms with van der Waals surface area (Å²) in [5.41, 5.74) is 0.684. The van der Waals surface area contributed by atoms with Crippen LogP contribution in [0.25, 0.3) is 6.08 Å². The molecule has 0 amide bonds. The Bertz CT molecular complexity index is 358. The normalized spacial score (nSPS) is 11.7. The molecule has 0 bridgehead atoms. The molecule has 0 radical (unpaired) electrons. The van der Waals surface area contributed by atoms with Crippen molar-refractivity contribution in [3.63, 3.8) is 0 Å². The van der Waals surface area contributed by atoms with Crippen molar-refractivity contribution in [2.45, 2.75) is 32.8 Å². The molecule has 1 aromatic rings. The van der Waals surface area contributed by atoms with Crippen molar-refractivity contribution in [2.24, 2.45) is 0 Å². The number of benzene rings is 1. The molecule has 0 heterocycles. The Morgan fingerprint density at radius 1 is 1.25 bits per heavy atom. The van der Waals surface area contributed by atoms with Crippen LogP contribution < -0.4 is 0 Å². The number of ether oxygens (including phenoxy) is 1. The first-order valence-electron chi connectivity index (χ1n) is 5.41. The van der Waals surface area contributed by atoms with Gasteiger partial charge in [-0.2, -0.15) is 0 Å². The summed E-state index contributed by atoms with van der Waals surface area (Å²) in [4.78, 5) is 11.4. The number of carbonyl (C=O) groups excluding carboxylic acids is 1. The van der Waals surface area contributed by atoms with Gasteiger partial charge in [-0.1, -0.05) is 42.5 Å². The molecule has 0 aliphatic rings. The largest absolute Gasteiger partial charge is 0.460 e. The predicted molar refractivity (Wildman–Crippen MR) is 65.9 cm³/mol. The SMILES string of the molecule is CC(C)(C)OC(=O)C/C=C\c1ccccc1. The standard InChI is InChI=1S/C14H18O2/c1-14(2,3)16-13(15)11-7-10-12-8-5-4-6-9-12/h4-10H,11H2,1-3H3/b10-7-. The molecular formula is C14H18O2. The van der Waals surface area contributed by atoms with E-state index in [0.29, 0.717) is 6.42 Å². The van der Waals surface area contributed by atoms with Gasteiger partial charge in [-0.15, -0.1) is 0 Å². The average molecular weight is 218 g/mol. The molecule has 2 nitrogen and oxygen atoms in total. The lowest BCUT2D eigenvalue weighted by Gasteiger charge is -2.18. The summed E-state index contributed by atoms with van der Waals surface area (Å²) < 4.78 is 5.19. The second kappa shape index (κ2) is 5.50. The van der Waals surface area contributed by atoms with Crippen molar-refractivity contribution in [3.05, 3.63) is 42.0 Å². The molecule has 0 atom stereocenters. The van der Waals surface area contributed by atoms with E-state index in [4.69, 9.17) is 4.74 Å². The van der Waals surface area contributed by atoms with Gasteiger partial charge < -0.3 is 4.74 Å². The van der Waals surface area contributed by atoms with Gasteiger partial charge in [-0.3, -0.25) is 4.79 Å². The molecule has 0 N–H and O–H groups in total. The van der Waals surface area contributed by atoms with Crippen LogP contribution in [0.5, 0.6) is 0 Å². The van der Waals surface area contributed by atoms with E-state index in [1.807, 2.05) is 63.3 Å². The summed E-state index contributed by atoms with van der Waals surface area (Å²) >= 11 is 0. The highest BCUT2D eigenvalue weighted by Gasteiger charge is 2.14. The van der Waals surface area contributed by atoms with E-state index in [1.165, 1.54) is 0 Å². The van der Waals surface area contributed by atoms with E-state index in [0.717, 1.165) is 5.56 Å². The molecule has 2 heteroatoms. The van der Waals surface area contributed by atoms with Gasteiger partial charge in [-0.25, -0.2) is 0 Å². The molecule has 0 aliphatic carbocycles. The second-order valence-electron chi connectivity index (χ2n) is 4.60. The first-order valence-corrected chi connectivity index (χ1v) is 5.41. The third-order valence-corrected chi connectivity index (χ3v) is 1.81. The van der Waals surface area contributed by atoms with Gasteiger partial charge in [0.15, 0.2) is 0 Å². The molecule has 0 aliphatic heterocycles. The van der Waals surface area contributed by atoms with Crippen molar-refractivity contribution in [1.29, 1.82) is 0 Å². The summed E-state index contributed by atoms with van der Waals surface area (Å²) in [6, 6.07) is 9.88. The minimum atomic E-state index is -0.405. The van der Waals surface area contributed by atoms with Crippen LogP contribution in [0, 0.1) is 0 Å². The summed E-state index contributed by atoms with van der Waals surface area (Å²) in [5.74, 6) is -0.195. The minimum absolute atomic E-state index is 0.195. The number of rotatable bonds is 3. The van der Waals surface area contributed by atoms with Crippen LogP contribution in [0.15, 0.2) is 36.4 Å². The van der Waals surface area contributed by atoms with Crippen molar-refractivity contribution in [3.8, 4) is 0 Å². The minimum Gasteiger partial charge on any atom is -0.460 e. The summed E-state index contributed by atoms with van der Waals surface area (Å²) in [7, 11) is 0. The first-order chi connectivity index (χ1) is 7.47. The van der Waals surface area contributed by atoms with Crippen LogP contribution >= 0.6 is 0 Å². The molecule has 86 valence electrons. The van der Waals surface area contributed by atoms with Gasteiger partial charge in [0.1, 0.15) is 5.60 Å². The Morgan fingerprint density at radius 2 is 1.88 bits per heavy atom. The zero-order valence-electron chi connectivity index (χ0n) is 10.1. The number of hydrogen-bond acceptors (Lipinski definition) is 2. The van der Waals surface area contributed by atoms with Gasteiger partial charge in [0.2, 0.25) is 0 Å². The lowest BCUT2D eigenvalue weighted by molar-refractivity contribution is -0.153. The van der Waals surface area contributed by atoms with Gasteiger partial charge in [0, 0.05) is 0 Å². The van der Waals surface area contributed by atoms with Crippen LogP contribution in [0.4, 0.5) is 0 Å². The van der Waals surface area contributed by atoms with Crippen LogP contribution in [0.3, 0.4) is 0 Å². The Morgan fingerprint density at radius 3 is 2.44 bits per heavy atom. The van der Waals surface area contributed by atoms with E-state index < -0.39 is 5.60 Å². The Labute approximate surface area is 96.9 Å². The van der Waals surface area contributed by atoms with E-state index >= 15 is 0 Å². The van der Waals surface area contributed by atoms with Crippen molar-refractivity contribution in [1.82, 2.24) is 0 Å². The third kappa shape index (κ3) is 5.35. The Balaban J connectivity index is 2.41. The van der Waals surface area contributed by atoms with Crippen LogP contribution in [-0.4, -0.2) is 11.6 Å². The van der Waals surface area contributed by atoms with Crippen LogP contribution in [0.1, 0.15) is 32.8 Å². The molecule has 16 heavy (non-hydrogen) atoms. The fourth-order valence-corrected chi connectivity index (χ4v) is 1.24. The molecule has 0 saturated heterocycles. The maximum absolute atomic E-state index is 11.4. The maximum Gasteiger partial charge on any atom is 0.310 e. The van der Waals surface area contributed by atoms with Crippen molar-refractivity contribution < 1.29 is 9.53 Å². The van der Waals surface area contributed by atoms with Crippen molar-refractivity contribution >= 4 is 12.0 Å². The topological polar surface area (TPSA) is 26.3 Å². The summed E-state index contributed by atoms with van der Waals surface area (Å²) in [6.07, 6.45) is 4.06. The fraction of sp³-hybridized carbons (Fsp3) is 0.357. The van der Waals surface area contributed by atoms with Gasteiger partial charge in [0.25, 0.3) is 0 Å². The van der Waals surface area contributed by atoms with E-state index in [9.17, 15) is 4.79 Å². The maximum atomic E-state index is 11.4.